The highest BCUT2D eigenvalue weighted by atomic mass is 35.5. The molecule has 8 rings (SSSR count). The number of quaternary nitrogens is 1. The summed E-state index contributed by atoms with van der Waals surface area (Å²) in [6, 6.07) is 20.2. The molecule has 0 radical (unpaired) electrons. The molecule has 0 aliphatic carbocycles. The number of carbonyl (C=O) groups is 2. The third kappa shape index (κ3) is 9.07. The zero-order chi connectivity index (χ0) is 38.9. The fourth-order valence-electron chi connectivity index (χ4n) is 8.57. The maximum atomic E-state index is 12.7. The van der Waals surface area contributed by atoms with Gasteiger partial charge in [0.1, 0.15) is 11.8 Å². The quantitative estimate of drug-likeness (QED) is 0.0735. The maximum Gasteiger partial charge on any atom is 0.308 e. The Morgan fingerprint density at radius 3 is 2.19 bits per heavy atom. The van der Waals surface area contributed by atoms with Crippen molar-refractivity contribution >= 4 is 36.8 Å². The molecule has 0 spiro atoms. The van der Waals surface area contributed by atoms with Crippen molar-refractivity contribution in [2.24, 2.45) is 0 Å². The van der Waals surface area contributed by atoms with Crippen LogP contribution >= 0.6 is 24.8 Å². The lowest BCUT2D eigenvalue weighted by Gasteiger charge is -2.46. The Bertz CT molecular complexity index is 2090. The average Bonchev–Trinajstić information content (AvgIpc) is 3.16. The van der Waals surface area contributed by atoms with E-state index in [4.69, 9.17) is 28.4 Å². The van der Waals surface area contributed by atoms with Gasteiger partial charge in [-0.05, 0) is 104 Å². The van der Waals surface area contributed by atoms with Gasteiger partial charge in [-0.2, -0.15) is 0 Å². The molecule has 6 bridgehead atoms. The van der Waals surface area contributed by atoms with Gasteiger partial charge in [0.05, 0.1) is 41.5 Å². The number of rotatable bonds is 9. The first-order valence-corrected chi connectivity index (χ1v) is 19.0. The average molecular weight is 824 g/mol. The van der Waals surface area contributed by atoms with Crippen molar-refractivity contribution in [3.05, 3.63) is 94.0 Å². The van der Waals surface area contributed by atoms with Crippen LogP contribution in [0.5, 0.6) is 46.0 Å². The van der Waals surface area contributed by atoms with Crippen LogP contribution in [0.2, 0.25) is 0 Å². The summed E-state index contributed by atoms with van der Waals surface area (Å²) in [6.07, 6.45) is 4.21. The first-order chi connectivity index (χ1) is 26.5. The maximum absolute atomic E-state index is 12.7. The van der Waals surface area contributed by atoms with Gasteiger partial charge in [0.15, 0.2) is 34.5 Å². The Kier molecular flexibility index (Phi) is 13.9. The Hall–Kier alpha value is -4.68. The van der Waals surface area contributed by atoms with Gasteiger partial charge in [-0.1, -0.05) is 18.2 Å². The number of halogens is 2. The van der Waals surface area contributed by atoms with Gasteiger partial charge in [-0.15, -0.1) is 24.8 Å². The van der Waals surface area contributed by atoms with Crippen LogP contribution in [0.15, 0.2) is 60.7 Å². The molecule has 4 aromatic rings. The lowest BCUT2D eigenvalue weighted by molar-refractivity contribution is -0.941. The number of nitrogens with zero attached hydrogens (tertiary/aromatic N) is 2. The van der Waals surface area contributed by atoms with E-state index >= 15 is 0 Å². The zero-order valence-electron chi connectivity index (χ0n) is 33.4. The van der Waals surface area contributed by atoms with Crippen LogP contribution in [0, 0.1) is 0 Å². The SMILES string of the molecule is COc1ccc2cc1Oc1ccc(cc1)CC1c3cc(c(OC)cc3CC[N+]1(C)CCCCC(=O)[O-])Oc1c(OC(C)=O)c(OC)cc3c1C(C2)N(C)CC3.Cl.Cl. The van der Waals surface area contributed by atoms with Crippen LogP contribution in [0.3, 0.4) is 0 Å². The number of hydrogen-bond donors (Lipinski definition) is 0. The number of likely N-dealkylation sites (N-methyl/N-ethyl adjacent to an activating group) is 2. The number of carbonyl (C=O) groups excluding carboxylic acids is 2. The number of benzene rings is 4. The molecule has 0 fully saturated rings. The molecule has 57 heavy (non-hydrogen) atoms. The lowest BCUT2D eigenvalue weighted by atomic mass is 9.85. The molecule has 3 atom stereocenters. The summed E-state index contributed by atoms with van der Waals surface area (Å²) in [7, 11) is 9.20. The minimum absolute atomic E-state index is 0. The van der Waals surface area contributed by atoms with Crippen LogP contribution in [0.4, 0.5) is 0 Å². The van der Waals surface area contributed by atoms with Crippen molar-refractivity contribution in [3.8, 4) is 46.0 Å². The van der Waals surface area contributed by atoms with Gasteiger partial charge in [0.2, 0.25) is 5.75 Å². The molecule has 3 unspecified atom stereocenters. The molecule has 0 amide bonds. The van der Waals surface area contributed by atoms with Crippen molar-refractivity contribution in [2.45, 2.75) is 64.0 Å². The standard InChI is InChI=1S/C44H50N2O9.2ClH/c1-27(47)53-43-40(52-6)25-31-16-18-45(2)34-21-29-12-15-36(50-4)38(23-29)54-32-13-10-28(11-14-32)22-35-33-26-39(55-44(43)42(31)34)37(51-5)24-30(33)17-20-46(35,3)19-8-7-9-41(48)49;;/h10-15,23-26,34-35H,7-9,16-22H2,1-6H3;2*1H. The first-order valence-electron chi connectivity index (χ1n) is 19.0. The van der Waals surface area contributed by atoms with Gasteiger partial charge in [-0.3, -0.25) is 9.69 Å². The topological polar surface area (TPSA) is 116 Å². The van der Waals surface area contributed by atoms with Crippen LogP contribution in [0.1, 0.15) is 71.7 Å². The van der Waals surface area contributed by atoms with Gasteiger partial charge in [0.25, 0.3) is 0 Å². The van der Waals surface area contributed by atoms with Gasteiger partial charge < -0.3 is 42.8 Å². The highest BCUT2D eigenvalue weighted by molar-refractivity contribution is 5.85. The van der Waals surface area contributed by atoms with Crippen LogP contribution < -0.4 is 33.5 Å². The van der Waals surface area contributed by atoms with E-state index in [1.807, 2.05) is 36.4 Å². The van der Waals surface area contributed by atoms with Crippen molar-refractivity contribution in [3.63, 3.8) is 0 Å². The van der Waals surface area contributed by atoms with E-state index in [1.165, 1.54) is 12.5 Å². The predicted molar refractivity (Wildman–Crippen MR) is 219 cm³/mol. The van der Waals surface area contributed by atoms with E-state index in [2.05, 4.69) is 43.3 Å². The Labute approximate surface area is 347 Å². The van der Waals surface area contributed by atoms with Crippen molar-refractivity contribution < 1.29 is 47.6 Å². The molecule has 0 aromatic heterocycles. The molecule has 4 aromatic carbocycles. The Morgan fingerprint density at radius 2 is 1.51 bits per heavy atom. The number of aliphatic carboxylic acids is 1. The second-order valence-corrected chi connectivity index (χ2v) is 15.1. The molecule has 11 nitrogen and oxygen atoms in total. The van der Waals surface area contributed by atoms with E-state index < -0.39 is 11.9 Å². The lowest BCUT2D eigenvalue weighted by Crippen LogP contribution is -2.52. The molecule has 306 valence electrons. The van der Waals surface area contributed by atoms with Crippen molar-refractivity contribution in [1.29, 1.82) is 0 Å². The molecule has 0 saturated heterocycles. The van der Waals surface area contributed by atoms with Gasteiger partial charge in [-0.25, -0.2) is 0 Å². The second kappa shape index (κ2) is 18.3. The van der Waals surface area contributed by atoms with Crippen molar-refractivity contribution in [1.82, 2.24) is 4.90 Å². The van der Waals surface area contributed by atoms with Crippen LogP contribution in [-0.4, -0.2) is 76.4 Å². The number of carboxylic acid groups (broad SMARTS) is 1. The molecule has 0 saturated carbocycles. The van der Waals surface area contributed by atoms with Crippen LogP contribution in [-0.2, 0) is 35.3 Å². The van der Waals surface area contributed by atoms with E-state index in [0.717, 1.165) is 73.1 Å². The zero-order valence-corrected chi connectivity index (χ0v) is 35.0. The summed E-state index contributed by atoms with van der Waals surface area (Å²) in [4.78, 5) is 26.3. The largest absolute Gasteiger partial charge is 0.550 e. The monoisotopic (exact) mass is 822 g/mol. The summed E-state index contributed by atoms with van der Waals surface area (Å²) in [5, 5.41) is 11.3. The van der Waals surface area contributed by atoms with E-state index in [9.17, 15) is 14.7 Å². The number of fused-ring (bicyclic) bond motifs is 2. The molecule has 4 heterocycles. The van der Waals surface area contributed by atoms with E-state index in [-0.39, 0.29) is 49.1 Å². The highest BCUT2D eigenvalue weighted by Crippen LogP contribution is 2.52. The van der Waals surface area contributed by atoms with E-state index in [1.54, 1.807) is 21.3 Å². The van der Waals surface area contributed by atoms with Crippen molar-refractivity contribution in [2.75, 3.05) is 55.1 Å². The number of unbranched alkanes of at least 4 members (excludes halogenated alkanes) is 1. The molecule has 4 aliphatic rings. The number of hydrogen-bond acceptors (Lipinski definition) is 10. The minimum atomic E-state index is -1.02. The minimum Gasteiger partial charge on any atom is -0.550 e. The first kappa shape index (κ1) is 43.4. The fraction of sp³-hybridized carbons (Fsp3) is 0.409. The molecule has 4 aliphatic heterocycles. The normalized spacial score (nSPS) is 19.5. The summed E-state index contributed by atoms with van der Waals surface area (Å²) in [6.45, 7) is 3.84. The smallest absolute Gasteiger partial charge is 0.308 e. The van der Waals surface area contributed by atoms with Gasteiger partial charge >= 0.3 is 5.97 Å². The predicted octanol–water partition coefficient (Wildman–Crippen LogP) is 7.36. The molecule has 0 N–H and O–H groups in total. The number of carboxylic acids is 1. The number of ether oxygens (including phenoxy) is 6. The summed E-state index contributed by atoms with van der Waals surface area (Å²) < 4.78 is 37.9. The van der Waals surface area contributed by atoms with E-state index in [0.29, 0.717) is 57.6 Å². The number of esters is 1. The third-order valence-corrected chi connectivity index (χ3v) is 11.6. The molecular formula is C44H52Cl2N2O9. The van der Waals surface area contributed by atoms with Gasteiger partial charge in [0, 0.05) is 49.4 Å². The molecular weight excluding hydrogens is 771 g/mol. The fourth-order valence-corrected chi connectivity index (χ4v) is 8.57. The number of methoxy groups -OCH3 is 3. The second-order valence-electron chi connectivity index (χ2n) is 15.1. The Balaban J connectivity index is 0.00000310. The third-order valence-electron chi connectivity index (χ3n) is 11.6. The Morgan fingerprint density at radius 1 is 0.825 bits per heavy atom. The van der Waals surface area contributed by atoms with Crippen LogP contribution in [0.25, 0.3) is 0 Å². The highest BCUT2D eigenvalue weighted by Gasteiger charge is 2.41. The summed E-state index contributed by atoms with van der Waals surface area (Å²) in [5.74, 6) is 2.52. The summed E-state index contributed by atoms with van der Waals surface area (Å²) in [5.41, 5.74) is 6.41. The molecule has 13 heteroatoms. The summed E-state index contributed by atoms with van der Waals surface area (Å²) >= 11 is 0.